The molecule has 2 atom stereocenters. The van der Waals surface area contributed by atoms with Crippen LogP contribution in [-0.4, -0.2) is 27.2 Å². The molecule has 0 amide bonds. The van der Waals surface area contributed by atoms with Gasteiger partial charge in [-0.1, -0.05) is 31.6 Å². The Morgan fingerprint density at radius 3 is 2.44 bits per heavy atom. The Balaban J connectivity index is 3.00. The molecule has 0 heterocycles. The van der Waals surface area contributed by atoms with Crippen LogP contribution in [0.3, 0.4) is 0 Å². The van der Waals surface area contributed by atoms with Gasteiger partial charge in [0.05, 0.1) is 6.10 Å². The molecule has 92 valence electrons. The quantitative estimate of drug-likeness (QED) is 0.495. The lowest BCUT2D eigenvalue weighted by atomic mass is 9.66. The van der Waals surface area contributed by atoms with E-state index in [1.807, 2.05) is 26.8 Å². The predicted molar refractivity (Wildman–Crippen MR) is 63.6 cm³/mol. The second-order valence-corrected chi connectivity index (χ2v) is 5.54. The van der Waals surface area contributed by atoms with Crippen LogP contribution in [0.2, 0.25) is 0 Å². The van der Waals surface area contributed by atoms with Crippen molar-refractivity contribution in [1.29, 1.82) is 0 Å². The second kappa shape index (κ2) is 4.32. The van der Waals surface area contributed by atoms with Crippen LogP contribution in [-0.2, 0) is 0 Å². The summed E-state index contributed by atoms with van der Waals surface area (Å²) < 4.78 is 0. The fourth-order valence-corrected chi connectivity index (χ4v) is 2.59. The molecule has 0 spiro atoms. The van der Waals surface area contributed by atoms with Crippen LogP contribution >= 0.6 is 0 Å². The van der Waals surface area contributed by atoms with Gasteiger partial charge in [0.2, 0.25) is 0 Å². The van der Waals surface area contributed by atoms with Gasteiger partial charge < -0.3 is 15.3 Å². The van der Waals surface area contributed by atoms with Crippen molar-refractivity contribution in [1.82, 2.24) is 0 Å². The summed E-state index contributed by atoms with van der Waals surface area (Å²) in [6, 6.07) is 0. The maximum absolute atomic E-state index is 9.68. The summed E-state index contributed by atoms with van der Waals surface area (Å²) in [7, 11) is 0. The van der Waals surface area contributed by atoms with E-state index in [0.29, 0.717) is 6.42 Å². The highest BCUT2D eigenvalue weighted by molar-refractivity contribution is 5.23. The summed E-state index contributed by atoms with van der Waals surface area (Å²) in [5.74, 6) is -1.57. The van der Waals surface area contributed by atoms with Crippen LogP contribution in [0.1, 0.15) is 34.1 Å². The lowest BCUT2D eigenvalue weighted by Crippen LogP contribution is -2.41. The van der Waals surface area contributed by atoms with Crippen LogP contribution < -0.4 is 0 Å². The smallest absolute Gasteiger partial charge is 0.183 e. The molecule has 1 aliphatic carbocycles. The third-order valence-electron chi connectivity index (χ3n) is 3.09. The monoisotopic (exact) mass is 226 g/mol. The summed E-state index contributed by atoms with van der Waals surface area (Å²) in [4.78, 5) is 0. The second-order valence-electron chi connectivity index (χ2n) is 5.54. The molecule has 0 saturated heterocycles. The summed E-state index contributed by atoms with van der Waals surface area (Å²) in [6.07, 6.45) is 5.01. The normalized spacial score (nSPS) is 30.2. The molecular formula is C13H22O3. The molecule has 3 N–H and O–H groups in total. The number of rotatable bonds is 2. The van der Waals surface area contributed by atoms with Crippen molar-refractivity contribution in [2.45, 2.75) is 46.0 Å². The standard InChI is InChI=1S/C13H22O3/c1-9-7-13(15,16)8-12(3,4)11(9)6-5-10(2)14/h5-7,10-11,14-16H,8H2,1-4H3/b6-5+/t10-,11+/m1/s1. The van der Waals surface area contributed by atoms with E-state index >= 15 is 0 Å². The van der Waals surface area contributed by atoms with Crippen molar-refractivity contribution in [3.05, 3.63) is 23.8 Å². The number of allylic oxidation sites excluding steroid dienone is 2. The van der Waals surface area contributed by atoms with Crippen LogP contribution in [0.25, 0.3) is 0 Å². The average Bonchev–Trinajstić information content (AvgIpc) is 1.96. The van der Waals surface area contributed by atoms with Gasteiger partial charge in [-0.3, -0.25) is 0 Å². The van der Waals surface area contributed by atoms with Crippen LogP contribution in [0.5, 0.6) is 0 Å². The zero-order valence-electron chi connectivity index (χ0n) is 10.4. The first-order valence-corrected chi connectivity index (χ1v) is 5.64. The molecule has 3 heteroatoms. The van der Waals surface area contributed by atoms with Crippen molar-refractivity contribution < 1.29 is 15.3 Å². The topological polar surface area (TPSA) is 60.7 Å². The van der Waals surface area contributed by atoms with Crippen molar-refractivity contribution in [2.75, 3.05) is 0 Å². The van der Waals surface area contributed by atoms with Crippen molar-refractivity contribution in [3.8, 4) is 0 Å². The first-order chi connectivity index (χ1) is 7.14. The van der Waals surface area contributed by atoms with Crippen LogP contribution in [0, 0.1) is 11.3 Å². The molecule has 0 unspecified atom stereocenters. The third-order valence-corrected chi connectivity index (χ3v) is 3.09. The minimum atomic E-state index is -1.71. The third kappa shape index (κ3) is 3.17. The van der Waals surface area contributed by atoms with Gasteiger partial charge in [-0.05, 0) is 25.3 Å². The van der Waals surface area contributed by atoms with Gasteiger partial charge in [0, 0.05) is 12.3 Å². The highest BCUT2D eigenvalue weighted by Crippen LogP contribution is 2.44. The van der Waals surface area contributed by atoms with Crippen LogP contribution in [0.15, 0.2) is 23.8 Å². The molecule has 0 aliphatic heterocycles. The maximum atomic E-state index is 9.68. The predicted octanol–water partition coefficient (Wildman–Crippen LogP) is 1.60. The molecule has 0 bridgehead atoms. The van der Waals surface area contributed by atoms with Gasteiger partial charge in [-0.25, -0.2) is 0 Å². The Kier molecular flexibility index (Phi) is 3.62. The highest BCUT2D eigenvalue weighted by Gasteiger charge is 2.41. The minimum Gasteiger partial charge on any atom is -0.389 e. The SMILES string of the molecule is CC1=CC(O)(O)CC(C)(C)[C@H]1/C=C/[C@@H](C)O. The first kappa shape index (κ1) is 13.4. The zero-order chi connectivity index (χ0) is 12.6. The molecule has 0 saturated carbocycles. The largest absolute Gasteiger partial charge is 0.389 e. The lowest BCUT2D eigenvalue weighted by molar-refractivity contribution is -0.151. The Bertz CT molecular complexity index is 311. The van der Waals surface area contributed by atoms with Gasteiger partial charge in [-0.15, -0.1) is 0 Å². The number of aliphatic hydroxyl groups is 3. The van der Waals surface area contributed by atoms with E-state index in [4.69, 9.17) is 0 Å². The molecular weight excluding hydrogens is 204 g/mol. The van der Waals surface area contributed by atoms with E-state index in [1.165, 1.54) is 6.08 Å². The fourth-order valence-electron chi connectivity index (χ4n) is 2.59. The molecule has 3 nitrogen and oxygen atoms in total. The van der Waals surface area contributed by atoms with Gasteiger partial charge in [0.1, 0.15) is 0 Å². The number of hydrogen-bond acceptors (Lipinski definition) is 3. The van der Waals surface area contributed by atoms with Gasteiger partial charge in [0.25, 0.3) is 0 Å². The summed E-state index contributed by atoms with van der Waals surface area (Å²) in [5.41, 5.74) is 0.700. The number of hydrogen-bond donors (Lipinski definition) is 3. The Morgan fingerprint density at radius 1 is 1.44 bits per heavy atom. The van der Waals surface area contributed by atoms with E-state index in [9.17, 15) is 15.3 Å². The molecule has 0 aromatic carbocycles. The highest BCUT2D eigenvalue weighted by atomic mass is 16.5. The van der Waals surface area contributed by atoms with Crippen molar-refractivity contribution >= 4 is 0 Å². The summed E-state index contributed by atoms with van der Waals surface area (Å²) in [5, 5.41) is 28.6. The molecule has 0 aromatic heterocycles. The minimum absolute atomic E-state index is 0.134. The Labute approximate surface area is 97.1 Å². The maximum Gasteiger partial charge on any atom is 0.183 e. The Hall–Kier alpha value is -0.640. The van der Waals surface area contributed by atoms with E-state index in [0.717, 1.165) is 5.57 Å². The van der Waals surface area contributed by atoms with E-state index < -0.39 is 11.9 Å². The fraction of sp³-hybridized carbons (Fsp3) is 0.692. The Morgan fingerprint density at radius 2 is 2.00 bits per heavy atom. The van der Waals surface area contributed by atoms with E-state index in [1.54, 1.807) is 13.0 Å². The number of aliphatic hydroxyl groups excluding tert-OH is 1. The van der Waals surface area contributed by atoms with E-state index in [-0.39, 0.29) is 11.3 Å². The molecule has 0 fully saturated rings. The first-order valence-electron chi connectivity index (χ1n) is 5.64. The van der Waals surface area contributed by atoms with Crippen molar-refractivity contribution in [3.63, 3.8) is 0 Å². The molecule has 16 heavy (non-hydrogen) atoms. The molecule has 0 radical (unpaired) electrons. The molecule has 1 rings (SSSR count). The lowest BCUT2D eigenvalue weighted by Gasteiger charge is -2.42. The molecule has 0 aromatic rings. The van der Waals surface area contributed by atoms with Gasteiger partial charge >= 0.3 is 0 Å². The zero-order valence-corrected chi connectivity index (χ0v) is 10.4. The van der Waals surface area contributed by atoms with Crippen LogP contribution in [0.4, 0.5) is 0 Å². The van der Waals surface area contributed by atoms with Gasteiger partial charge in [0.15, 0.2) is 5.79 Å². The summed E-state index contributed by atoms with van der Waals surface area (Å²) in [6.45, 7) is 7.59. The van der Waals surface area contributed by atoms with E-state index in [2.05, 4.69) is 0 Å². The van der Waals surface area contributed by atoms with Gasteiger partial charge in [-0.2, -0.15) is 0 Å². The molecule has 1 aliphatic rings. The van der Waals surface area contributed by atoms with Crippen molar-refractivity contribution in [2.24, 2.45) is 11.3 Å². The average molecular weight is 226 g/mol. The summed E-state index contributed by atoms with van der Waals surface area (Å²) >= 11 is 0.